The van der Waals surface area contributed by atoms with Gasteiger partial charge >= 0.3 is 0 Å². The second-order valence-electron chi connectivity index (χ2n) is 1.01. The zero-order valence-corrected chi connectivity index (χ0v) is 8.65. The molecular weight excluding hydrogens is 340 g/mol. The van der Waals surface area contributed by atoms with E-state index in [4.69, 9.17) is 0 Å². The van der Waals surface area contributed by atoms with Gasteiger partial charge in [0.2, 0.25) is 11.5 Å². The monoisotopic (exact) mass is 343 g/mol. The molecule has 0 saturated carbocycles. The Kier molecular flexibility index (Phi) is 3.94. The molecule has 7 heavy (non-hydrogen) atoms. The molecule has 0 heterocycles. The summed E-state index contributed by atoms with van der Waals surface area (Å²) in [4.78, 5) is 0. The third-order valence-corrected chi connectivity index (χ3v) is 1.77. The average molecular weight is 343 g/mol. The van der Waals surface area contributed by atoms with Crippen molar-refractivity contribution in [2.75, 3.05) is 0 Å². The Morgan fingerprint density at radius 2 is 2.14 bits per heavy atom. The van der Waals surface area contributed by atoms with Gasteiger partial charge in [-0.1, -0.05) is 0 Å². The van der Waals surface area contributed by atoms with E-state index in [9.17, 15) is 4.21 Å². The molecule has 0 aromatic heterocycles. The number of alkyl halides is 2. The van der Waals surface area contributed by atoms with Gasteiger partial charge in [0.05, 0.1) is 0 Å². The van der Waals surface area contributed by atoms with Gasteiger partial charge in [-0.25, -0.2) is 0 Å². The molecule has 42 valence electrons. The second-order valence-corrected chi connectivity index (χ2v) is 7.60. The molecule has 0 unspecified atom stereocenters. The maximum absolute atomic E-state index is 9.69. The van der Waals surface area contributed by atoms with E-state index < -0.39 is 0 Å². The lowest BCUT2D eigenvalue weighted by Gasteiger charge is -1.99. The molecule has 0 N–H and O–H groups in total. The standard InChI is InChI=1S/C2H3I2NOS/c1-2(3,4)5-7-6/h1H3. The molecule has 0 fully saturated rings. The summed E-state index contributed by atoms with van der Waals surface area (Å²) < 4.78 is 13.0. The fourth-order valence-electron chi connectivity index (χ4n) is 0.0654. The Morgan fingerprint density at radius 3 is 2.14 bits per heavy atom. The van der Waals surface area contributed by atoms with Crippen molar-refractivity contribution in [2.45, 2.75) is 8.48 Å². The quantitative estimate of drug-likeness (QED) is 0.407. The average Bonchev–Trinajstić information content (AvgIpc) is 1.30. The normalized spacial score (nSPS) is 10.7. The molecule has 0 bridgehead atoms. The summed E-state index contributed by atoms with van der Waals surface area (Å²) in [5.41, 5.74) is 0. The molecule has 0 saturated heterocycles. The summed E-state index contributed by atoms with van der Waals surface area (Å²) >= 11 is 4.42. The van der Waals surface area contributed by atoms with Crippen molar-refractivity contribution in [3.63, 3.8) is 0 Å². The zero-order chi connectivity index (χ0) is 5.91. The highest BCUT2D eigenvalue weighted by Crippen LogP contribution is 2.27. The highest BCUT2D eigenvalue weighted by atomic mass is 127. The van der Waals surface area contributed by atoms with Crippen LogP contribution in [0, 0.1) is 0 Å². The molecule has 0 aliphatic rings. The lowest BCUT2D eigenvalue weighted by Crippen LogP contribution is -1.94. The topological polar surface area (TPSA) is 29.4 Å². The predicted molar refractivity (Wildman–Crippen MR) is 47.0 cm³/mol. The minimum absolute atomic E-state index is 0.234. The fourth-order valence-corrected chi connectivity index (χ4v) is 0.679. The maximum Gasteiger partial charge on any atom is 0.201 e. The summed E-state index contributed by atoms with van der Waals surface area (Å²) in [5.74, 6) is 0. The van der Waals surface area contributed by atoms with Gasteiger partial charge < -0.3 is 0 Å². The van der Waals surface area contributed by atoms with Crippen molar-refractivity contribution in [3.05, 3.63) is 0 Å². The van der Waals surface area contributed by atoms with Gasteiger partial charge in [0.25, 0.3) is 0 Å². The molecular formula is C2H3I2NOS. The number of hydrogen-bond acceptors (Lipinski definition) is 2. The summed E-state index contributed by atoms with van der Waals surface area (Å²) in [6.07, 6.45) is 0. The van der Waals surface area contributed by atoms with Crippen LogP contribution in [-0.2, 0) is 11.5 Å². The van der Waals surface area contributed by atoms with Crippen LogP contribution in [0.2, 0.25) is 0 Å². The molecule has 0 atom stereocenters. The largest absolute Gasteiger partial charge is 0.201 e. The van der Waals surface area contributed by atoms with Gasteiger partial charge in [-0.15, -0.1) is 0 Å². The summed E-state index contributed by atoms with van der Waals surface area (Å²) in [5, 5.41) is 0. The molecule has 0 amide bonds. The van der Waals surface area contributed by atoms with Crippen molar-refractivity contribution in [2.24, 2.45) is 4.36 Å². The van der Waals surface area contributed by atoms with Crippen LogP contribution in [0.1, 0.15) is 6.92 Å². The van der Waals surface area contributed by atoms with Gasteiger partial charge in [-0.2, -0.15) is 8.57 Å². The van der Waals surface area contributed by atoms with Gasteiger partial charge in [-0.3, -0.25) is 0 Å². The Balaban J connectivity index is 3.80. The molecule has 2 nitrogen and oxygen atoms in total. The molecule has 5 heteroatoms. The van der Waals surface area contributed by atoms with E-state index in [-0.39, 0.29) is 13.0 Å². The smallest absolute Gasteiger partial charge is 0.191 e. The minimum Gasteiger partial charge on any atom is -0.191 e. The first-order chi connectivity index (χ1) is 3.06. The Bertz CT molecular complexity index is 103. The SMILES string of the molecule is CC(I)(I)N=S=O. The maximum atomic E-state index is 9.69. The number of rotatable bonds is 1. The van der Waals surface area contributed by atoms with Crippen LogP contribution < -0.4 is 0 Å². The van der Waals surface area contributed by atoms with Crippen LogP contribution in [-0.4, -0.2) is 5.76 Å². The van der Waals surface area contributed by atoms with Crippen molar-refractivity contribution in [3.8, 4) is 0 Å². The molecule has 0 rings (SSSR count). The Hall–Kier alpha value is 1.28. The van der Waals surface area contributed by atoms with Gasteiger partial charge in [-0.05, 0) is 52.1 Å². The second kappa shape index (κ2) is 3.33. The molecule has 0 aliphatic heterocycles. The molecule has 0 aromatic carbocycles. The predicted octanol–water partition coefficient (Wildman–Crippen LogP) is 1.93. The van der Waals surface area contributed by atoms with E-state index in [1.807, 2.05) is 6.92 Å². The number of halogens is 2. The van der Waals surface area contributed by atoms with Crippen LogP contribution in [0.3, 0.4) is 0 Å². The Morgan fingerprint density at radius 1 is 1.71 bits per heavy atom. The van der Waals surface area contributed by atoms with Crippen molar-refractivity contribution < 1.29 is 4.21 Å². The molecule has 0 radical (unpaired) electrons. The van der Waals surface area contributed by atoms with Crippen LogP contribution in [0.25, 0.3) is 0 Å². The Labute approximate surface area is 73.0 Å². The first-order valence-corrected chi connectivity index (χ1v) is 4.31. The minimum atomic E-state index is -0.234. The number of nitrogens with zero attached hydrogens (tertiary/aromatic N) is 1. The third kappa shape index (κ3) is 7.28. The van der Waals surface area contributed by atoms with Crippen LogP contribution in [0.4, 0.5) is 0 Å². The zero-order valence-electron chi connectivity index (χ0n) is 3.52. The van der Waals surface area contributed by atoms with E-state index in [2.05, 4.69) is 49.5 Å². The highest BCUT2D eigenvalue weighted by molar-refractivity contribution is 14.2. The van der Waals surface area contributed by atoms with Crippen molar-refractivity contribution in [1.82, 2.24) is 0 Å². The van der Waals surface area contributed by atoms with Gasteiger partial charge in [0, 0.05) is 0 Å². The number of hydrogen-bond donors (Lipinski definition) is 0. The summed E-state index contributed by atoms with van der Waals surface area (Å²) in [6, 6.07) is 0. The fraction of sp³-hybridized carbons (Fsp3) is 1.00. The van der Waals surface area contributed by atoms with Crippen LogP contribution in [0.15, 0.2) is 4.36 Å². The van der Waals surface area contributed by atoms with E-state index in [0.29, 0.717) is 0 Å². The van der Waals surface area contributed by atoms with Crippen molar-refractivity contribution in [1.29, 1.82) is 0 Å². The molecule has 0 aliphatic carbocycles. The van der Waals surface area contributed by atoms with Gasteiger partial charge in [0.1, 0.15) is 0 Å². The van der Waals surface area contributed by atoms with E-state index in [1.54, 1.807) is 0 Å². The van der Waals surface area contributed by atoms with E-state index in [1.165, 1.54) is 0 Å². The van der Waals surface area contributed by atoms with E-state index in [0.717, 1.165) is 0 Å². The van der Waals surface area contributed by atoms with Crippen LogP contribution >= 0.6 is 45.2 Å². The summed E-state index contributed by atoms with van der Waals surface area (Å²) in [6.45, 7) is 1.86. The van der Waals surface area contributed by atoms with E-state index >= 15 is 0 Å². The highest BCUT2D eigenvalue weighted by Gasteiger charge is 2.10. The van der Waals surface area contributed by atoms with Crippen LogP contribution in [0.5, 0.6) is 0 Å². The molecule has 0 spiro atoms. The summed E-state index contributed by atoms with van der Waals surface area (Å²) in [7, 11) is 0. The first-order valence-electron chi connectivity index (χ1n) is 1.45. The lowest BCUT2D eigenvalue weighted by molar-refractivity contribution is 0.696. The molecule has 0 aromatic rings. The first kappa shape index (κ1) is 8.28. The van der Waals surface area contributed by atoms with Crippen molar-refractivity contribution >= 4 is 56.6 Å². The lowest BCUT2D eigenvalue weighted by atomic mass is 10.8. The van der Waals surface area contributed by atoms with Gasteiger partial charge in [0.15, 0.2) is 1.55 Å². The third-order valence-electron chi connectivity index (χ3n) is 0.198.